The van der Waals surface area contributed by atoms with Gasteiger partial charge in [0.25, 0.3) is 6.43 Å². The SMILES string of the molecule is C[C@@H](N[S@+]([O-])C(C)(C)C)c1nccc(C(F)F)c1F. The van der Waals surface area contributed by atoms with Crippen LogP contribution in [0.4, 0.5) is 13.2 Å². The van der Waals surface area contributed by atoms with Crippen molar-refractivity contribution in [3.8, 4) is 0 Å². The van der Waals surface area contributed by atoms with E-state index >= 15 is 0 Å². The van der Waals surface area contributed by atoms with Gasteiger partial charge in [-0.15, -0.1) is 4.72 Å². The van der Waals surface area contributed by atoms with Crippen molar-refractivity contribution in [2.45, 2.75) is 44.9 Å². The predicted molar refractivity (Wildman–Crippen MR) is 68.6 cm³/mol. The van der Waals surface area contributed by atoms with E-state index in [1.165, 1.54) is 6.92 Å². The third-order valence-electron chi connectivity index (χ3n) is 2.43. The highest BCUT2D eigenvalue weighted by molar-refractivity contribution is 7.90. The van der Waals surface area contributed by atoms with Gasteiger partial charge in [0.05, 0.1) is 17.3 Å². The topological polar surface area (TPSA) is 48.0 Å². The lowest BCUT2D eigenvalue weighted by Crippen LogP contribution is -2.41. The van der Waals surface area contributed by atoms with Crippen LogP contribution in [0.15, 0.2) is 12.3 Å². The zero-order valence-electron chi connectivity index (χ0n) is 11.2. The molecule has 0 aliphatic rings. The molecule has 7 heteroatoms. The third-order valence-corrected chi connectivity index (χ3v) is 4.11. The number of aromatic nitrogens is 1. The summed E-state index contributed by atoms with van der Waals surface area (Å²) in [5.74, 6) is -1.05. The second-order valence-corrected chi connectivity index (χ2v) is 7.12. The summed E-state index contributed by atoms with van der Waals surface area (Å²) in [6.07, 6.45) is -1.78. The van der Waals surface area contributed by atoms with Gasteiger partial charge in [0.15, 0.2) is 5.82 Å². The van der Waals surface area contributed by atoms with E-state index in [0.29, 0.717) is 0 Å². The van der Waals surface area contributed by atoms with E-state index in [-0.39, 0.29) is 5.69 Å². The van der Waals surface area contributed by atoms with Crippen molar-refractivity contribution >= 4 is 11.4 Å². The van der Waals surface area contributed by atoms with Crippen LogP contribution in [0.25, 0.3) is 0 Å². The van der Waals surface area contributed by atoms with Crippen LogP contribution in [0.1, 0.15) is 51.4 Å². The van der Waals surface area contributed by atoms with Gasteiger partial charge in [0.1, 0.15) is 4.75 Å². The molecule has 0 aromatic carbocycles. The smallest absolute Gasteiger partial charge is 0.266 e. The molecule has 19 heavy (non-hydrogen) atoms. The maximum atomic E-state index is 13.8. The molecule has 0 amide bonds. The molecule has 0 bridgehead atoms. The average Bonchev–Trinajstić information content (AvgIpc) is 2.27. The first kappa shape index (κ1) is 16.3. The number of nitrogens with zero attached hydrogens (tertiary/aromatic N) is 1. The van der Waals surface area contributed by atoms with Crippen LogP contribution in [0.3, 0.4) is 0 Å². The number of hydrogen-bond acceptors (Lipinski definition) is 3. The zero-order chi connectivity index (χ0) is 14.8. The molecule has 0 aliphatic carbocycles. The standard InChI is InChI=1S/C12H17F3N2OS/c1-7(17-19(18)12(2,3)4)10-9(13)8(11(14)15)5-6-16-10/h5-7,11,17H,1-4H3/t7-,19-/m1/s1. The molecule has 1 aromatic heterocycles. The Kier molecular flexibility index (Phi) is 5.23. The van der Waals surface area contributed by atoms with Gasteiger partial charge in [-0.1, -0.05) is 0 Å². The molecule has 0 spiro atoms. The Morgan fingerprint density at radius 2 is 1.95 bits per heavy atom. The van der Waals surface area contributed by atoms with Crippen molar-refractivity contribution in [3.63, 3.8) is 0 Å². The van der Waals surface area contributed by atoms with Crippen molar-refractivity contribution in [3.05, 3.63) is 29.3 Å². The van der Waals surface area contributed by atoms with Gasteiger partial charge < -0.3 is 4.55 Å². The van der Waals surface area contributed by atoms with Crippen molar-refractivity contribution < 1.29 is 17.7 Å². The molecular weight excluding hydrogens is 277 g/mol. The van der Waals surface area contributed by atoms with E-state index < -0.39 is 40.0 Å². The van der Waals surface area contributed by atoms with Crippen LogP contribution >= 0.6 is 0 Å². The van der Waals surface area contributed by atoms with Crippen molar-refractivity contribution in [1.82, 2.24) is 9.71 Å². The van der Waals surface area contributed by atoms with Crippen LogP contribution in [-0.2, 0) is 11.4 Å². The lowest BCUT2D eigenvalue weighted by Gasteiger charge is -2.26. The van der Waals surface area contributed by atoms with Crippen LogP contribution in [0.5, 0.6) is 0 Å². The van der Waals surface area contributed by atoms with Gasteiger partial charge in [-0.2, -0.15) is 0 Å². The minimum Gasteiger partial charge on any atom is -0.598 e. The molecule has 0 unspecified atom stereocenters. The minimum absolute atomic E-state index is 0.157. The molecule has 2 atom stereocenters. The van der Waals surface area contributed by atoms with Crippen molar-refractivity contribution in [2.24, 2.45) is 0 Å². The number of pyridine rings is 1. The first-order chi connectivity index (χ1) is 8.64. The third kappa shape index (κ3) is 4.09. The minimum atomic E-state index is -2.90. The van der Waals surface area contributed by atoms with Gasteiger partial charge in [0, 0.05) is 17.6 Å². The molecule has 0 fully saturated rings. The van der Waals surface area contributed by atoms with Gasteiger partial charge in [0.2, 0.25) is 0 Å². The Balaban J connectivity index is 2.95. The first-order valence-corrected chi connectivity index (χ1v) is 6.90. The Labute approximate surface area is 113 Å². The molecule has 0 aliphatic heterocycles. The second-order valence-electron chi connectivity index (χ2n) is 5.12. The fourth-order valence-electron chi connectivity index (χ4n) is 1.34. The summed E-state index contributed by atoms with van der Waals surface area (Å²) in [5.41, 5.74) is -0.851. The van der Waals surface area contributed by atoms with E-state index in [2.05, 4.69) is 9.71 Å². The van der Waals surface area contributed by atoms with Crippen LogP contribution in [0.2, 0.25) is 0 Å². The molecule has 0 radical (unpaired) electrons. The molecule has 0 saturated carbocycles. The molecule has 1 aromatic rings. The van der Waals surface area contributed by atoms with Gasteiger partial charge in [-0.3, -0.25) is 4.98 Å². The molecular formula is C12H17F3N2OS. The van der Waals surface area contributed by atoms with Crippen LogP contribution < -0.4 is 4.72 Å². The second kappa shape index (κ2) is 6.11. The average molecular weight is 294 g/mol. The predicted octanol–water partition coefficient (Wildman–Crippen LogP) is 3.27. The summed E-state index contributed by atoms with van der Waals surface area (Å²) in [6.45, 7) is 6.79. The summed E-state index contributed by atoms with van der Waals surface area (Å²) in [4.78, 5) is 3.75. The quantitative estimate of drug-likeness (QED) is 0.867. The number of hydrogen-bond donors (Lipinski definition) is 1. The van der Waals surface area contributed by atoms with E-state index in [0.717, 1.165) is 12.3 Å². The highest BCUT2D eigenvalue weighted by Gasteiger charge is 2.30. The molecule has 1 heterocycles. The van der Waals surface area contributed by atoms with Gasteiger partial charge in [-0.25, -0.2) is 13.2 Å². The molecule has 1 rings (SSSR count). The molecule has 0 saturated heterocycles. The number of nitrogens with one attached hydrogen (secondary N) is 1. The maximum absolute atomic E-state index is 13.8. The Bertz CT molecular complexity index is 437. The normalized spacial score (nSPS) is 15.6. The van der Waals surface area contributed by atoms with Gasteiger partial charge in [-0.05, 0) is 33.8 Å². The van der Waals surface area contributed by atoms with Crippen molar-refractivity contribution in [1.29, 1.82) is 0 Å². The number of halogens is 3. The molecule has 1 N–H and O–H groups in total. The summed E-state index contributed by atoms with van der Waals surface area (Å²) in [7, 11) is 0. The fraction of sp³-hybridized carbons (Fsp3) is 0.583. The number of alkyl halides is 2. The summed E-state index contributed by atoms with van der Waals surface area (Å²) < 4.78 is 53.0. The lowest BCUT2D eigenvalue weighted by atomic mass is 10.1. The molecule has 108 valence electrons. The van der Waals surface area contributed by atoms with Gasteiger partial charge >= 0.3 is 0 Å². The highest BCUT2D eigenvalue weighted by Crippen LogP contribution is 2.26. The highest BCUT2D eigenvalue weighted by atomic mass is 32.2. The van der Waals surface area contributed by atoms with Crippen LogP contribution in [-0.4, -0.2) is 14.3 Å². The van der Waals surface area contributed by atoms with E-state index in [4.69, 9.17) is 0 Å². The Morgan fingerprint density at radius 3 is 2.42 bits per heavy atom. The monoisotopic (exact) mass is 294 g/mol. The van der Waals surface area contributed by atoms with Crippen LogP contribution in [0, 0.1) is 5.82 Å². The van der Waals surface area contributed by atoms with E-state index in [1.807, 2.05) is 0 Å². The fourth-order valence-corrected chi connectivity index (χ4v) is 2.13. The lowest BCUT2D eigenvalue weighted by molar-refractivity contribution is 0.145. The largest absolute Gasteiger partial charge is 0.598 e. The number of rotatable bonds is 4. The first-order valence-electron chi connectivity index (χ1n) is 5.75. The van der Waals surface area contributed by atoms with E-state index in [1.54, 1.807) is 20.8 Å². The van der Waals surface area contributed by atoms with E-state index in [9.17, 15) is 17.7 Å². The summed E-state index contributed by atoms with van der Waals surface area (Å²) in [5, 5.41) is 0. The Hall–Kier alpha value is -0.790. The maximum Gasteiger partial charge on any atom is 0.266 e. The summed E-state index contributed by atoms with van der Waals surface area (Å²) >= 11 is -1.44. The Morgan fingerprint density at radius 1 is 1.37 bits per heavy atom. The van der Waals surface area contributed by atoms with Crippen molar-refractivity contribution in [2.75, 3.05) is 0 Å². The summed E-state index contributed by atoms with van der Waals surface area (Å²) in [6, 6.07) is 0.218. The molecule has 3 nitrogen and oxygen atoms in total. The zero-order valence-corrected chi connectivity index (χ0v) is 12.0.